The van der Waals surface area contributed by atoms with Gasteiger partial charge >= 0.3 is 0 Å². The molecule has 0 aromatic heterocycles. The van der Waals surface area contributed by atoms with Crippen LogP contribution in [0.4, 0.5) is 0 Å². The maximum Gasteiger partial charge on any atom is 0.231 e. The molecule has 1 rings (SSSR count). The van der Waals surface area contributed by atoms with Crippen molar-refractivity contribution >= 4 is 22.8 Å². The molecule has 0 spiro atoms. The van der Waals surface area contributed by atoms with Gasteiger partial charge in [-0.2, -0.15) is 10.4 Å². The largest absolute Gasteiger partial charge is 0.377 e. The minimum atomic E-state index is -0.706. The third-order valence-electron chi connectivity index (χ3n) is 3.03. The van der Waals surface area contributed by atoms with E-state index >= 15 is 0 Å². The molecule has 6 nitrogen and oxygen atoms in total. The molecule has 0 aromatic carbocycles. The predicted molar refractivity (Wildman–Crippen MR) is 72.5 cm³/mol. The van der Waals surface area contributed by atoms with Gasteiger partial charge in [-0.25, -0.2) is 0 Å². The number of hydrogen-bond donors (Lipinski definition) is 3. The number of carbonyl (C=O) groups is 1. The summed E-state index contributed by atoms with van der Waals surface area (Å²) in [6, 6.07) is 2.26. The molecular weight excluding hydrogens is 250 g/mol. The van der Waals surface area contributed by atoms with Gasteiger partial charge in [0.05, 0.1) is 11.8 Å². The van der Waals surface area contributed by atoms with E-state index in [2.05, 4.69) is 16.5 Å². The number of thioether (sulfide) groups is 1. The van der Waals surface area contributed by atoms with Crippen molar-refractivity contribution in [2.24, 2.45) is 16.7 Å². The van der Waals surface area contributed by atoms with E-state index in [1.807, 2.05) is 0 Å². The van der Waals surface area contributed by atoms with Crippen molar-refractivity contribution in [3.05, 3.63) is 0 Å². The Morgan fingerprint density at radius 2 is 2.00 bits per heavy atom. The van der Waals surface area contributed by atoms with Crippen LogP contribution in [0.3, 0.4) is 0 Å². The number of hydrazone groups is 1. The van der Waals surface area contributed by atoms with Crippen LogP contribution < -0.4 is 16.9 Å². The Morgan fingerprint density at radius 1 is 1.39 bits per heavy atom. The summed E-state index contributed by atoms with van der Waals surface area (Å²) < 4.78 is 0. The van der Waals surface area contributed by atoms with Gasteiger partial charge in [0.15, 0.2) is 5.17 Å². The summed E-state index contributed by atoms with van der Waals surface area (Å²) in [6.45, 7) is 0. The minimum Gasteiger partial charge on any atom is -0.377 e. The number of nitrogens with one attached hydrogen (secondary N) is 1. The quantitative estimate of drug-likeness (QED) is 0.228. The summed E-state index contributed by atoms with van der Waals surface area (Å²) in [6.07, 6.45) is 5.66. The first-order valence-corrected chi connectivity index (χ1v) is 6.99. The zero-order valence-corrected chi connectivity index (χ0v) is 11.1. The Labute approximate surface area is 111 Å². The molecule has 0 atom stereocenters. The standard InChI is InChI=1S/C11H19N5OS/c12-8-11(5-3-1-2-4-6-11)15-9(17)7-18-10(13)16-14/h1-7,14H2,(H2,13,16)(H,15,17). The number of nitrogens with zero attached hydrogens (tertiary/aromatic N) is 2. The normalized spacial score (nSPS) is 19.6. The van der Waals surface area contributed by atoms with E-state index in [-0.39, 0.29) is 16.8 Å². The molecule has 0 saturated heterocycles. The lowest BCUT2D eigenvalue weighted by atomic mass is 9.92. The van der Waals surface area contributed by atoms with E-state index in [0.29, 0.717) is 0 Å². The highest BCUT2D eigenvalue weighted by Gasteiger charge is 2.32. The van der Waals surface area contributed by atoms with Crippen molar-refractivity contribution < 1.29 is 4.79 Å². The average Bonchev–Trinajstić information content (AvgIpc) is 2.62. The van der Waals surface area contributed by atoms with E-state index in [4.69, 9.17) is 11.6 Å². The van der Waals surface area contributed by atoms with Crippen LogP contribution >= 0.6 is 11.8 Å². The molecule has 0 unspecified atom stereocenters. The van der Waals surface area contributed by atoms with Gasteiger partial charge in [-0.05, 0) is 12.8 Å². The van der Waals surface area contributed by atoms with Crippen LogP contribution in [-0.2, 0) is 4.79 Å². The van der Waals surface area contributed by atoms with Crippen LogP contribution in [0, 0.1) is 11.3 Å². The first kappa shape index (κ1) is 14.6. The van der Waals surface area contributed by atoms with Crippen LogP contribution in [0.15, 0.2) is 5.10 Å². The first-order valence-electron chi connectivity index (χ1n) is 6.00. The van der Waals surface area contributed by atoms with Gasteiger partial charge in [-0.1, -0.05) is 37.4 Å². The molecule has 0 aromatic rings. The molecule has 1 fully saturated rings. The maximum absolute atomic E-state index is 11.8. The third-order valence-corrected chi connectivity index (χ3v) is 3.84. The number of hydrogen-bond acceptors (Lipinski definition) is 5. The first-order chi connectivity index (χ1) is 8.62. The number of amides is 1. The summed E-state index contributed by atoms with van der Waals surface area (Å²) in [4.78, 5) is 11.8. The second kappa shape index (κ2) is 7.11. The Balaban J connectivity index is 2.51. The second-order valence-corrected chi connectivity index (χ2v) is 5.41. The van der Waals surface area contributed by atoms with Gasteiger partial charge < -0.3 is 16.9 Å². The molecule has 0 aliphatic heterocycles. The molecular formula is C11H19N5OS. The zero-order valence-electron chi connectivity index (χ0n) is 10.3. The van der Waals surface area contributed by atoms with Gasteiger partial charge in [0.1, 0.15) is 5.54 Å². The van der Waals surface area contributed by atoms with E-state index in [0.717, 1.165) is 50.3 Å². The van der Waals surface area contributed by atoms with Crippen LogP contribution in [0.2, 0.25) is 0 Å². The molecule has 100 valence electrons. The number of rotatable bonds is 3. The fourth-order valence-corrected chi connectivity index (χ4v) is 2.50. The molecule has 0 radical (unpaired) electrons. The van der Waals surface area contributed by atoms with Gasteiger partial charge in [-0.3, -0.25) is 4.79 Å². The van der Waals surface area contributed by atoms with E-state index < -0.39 is 5.54 Å². The Kier molecular flexibility index (Phi) is 5.78. The van der Waals surface area contributed by atoms with Crippen molar-refractivity contribution in [3.8, 4) is 6.07 Å². The Hall–Kier alpha value is -1.42. The predicted octanol–water partition coefficient (Wildman–Crippen LogP) is 0.641. The van der Waals surface area contributed by atoms with Gasteiger partial charge in [0.2, 0.25) is 5.91 Å². The van der Waals surface area contributed by atoms with Crippen LogP contribution in [0.5, 0.6) is 0 Å². The zero-order chi connectivity index (χ0) is 13.4. The SMILES string of the molecule is N#CC1(NC(=O)CSC(N)=NN)CCCCCC1. The number of carbonyl (C=O) groups excluding carboxylic acids is 1. The smallest absolute Gasteiger partial charge is 0.231 e. The van der Waals surface area contributed by atoms with Gasteiger partial charge in [-0.15, -0.1) is 0 Å². The summed E-state index contributed by atoms with van der Waals surface area (Å²) in [5.74, 6) is 4.91. The van der Waals surface area contributed by atoms with Gasteiger partial charge in [0.25, 0.3) is 0 Å². The molecule has 1 aliphatic carbocycles. The van der Waals surface area contributed by atoms with Crippen molar-refractivity contribution in [2.45, 2.75) is 44.1 Å². The highest BCUT2D eigenvalue weighted by molar-refractivity contribution is 8.14. The topological polar surface area (TPSA) is 117 Å². The lowest BCUT2D eigenvalue weighted by molar-refractivity contribution is -0.120. The van der Waals surface area contributed by atoms with Crippen LogP contribution in [-0.4, -0.2) is 22.4 Å². The molecule has 7 heteroatoms. The number of nitrogens with two attached hydrogens (primary N) is 2. The van der Waals surface area contributed by atoms with Gasteiger partial charge in [0, 0.05) is 0 Å². The van der Waals surface area contributed by atoms with Crippen LogP contribution in [0.25, 0.3) is 0 Å². The fourth-order valence-electron chi connectivity index (χ4n) is 2.08. The molecule has 1 amide bonds. The molecule has 1 saturated carbocycles. The maximum atomic E-state index is 11.8. The summed E-state index contributed by atoms with van der Waals surface area (Å²) in [5, 5.41) is 15.6. The monoisotopic (exact) mass is 269 g/mol. The number of nitriles is 1. The Bertz CT molecular complexity index is 355. The van der Waals surface area contributed by atoms with Crippen molar-refractivity contribution in [1.29, 1.82) is 5.26 Å². The molecule has 5 N–H and O–H groups in total. The average molecular weight is 269 g/mol. The number of amidine groups is 1. The molecule has 0 heterocycles. The van der Waals surface area contributed by atoms with E-state index in [9.17, 15) is 10.1 Å². The van der Waals surface area contributed by atoms with Crippen molar-refractivity contribution in [1.82, 2.24) is 5.32 Å². The van der Waals surface area contributed by atoms with E-state index in [1.165, 1.54) is 0 Å². The molecule has 1 aliphatic rings. The third kappa shape index (κ3) is 4.45. The Morgan fingerprint density at radius 3 is 2.50 bits per heavy atom. The lowest BCUT2D eigenvalue weighted by Crippen LogP contribution is -2.47. The summed E-state index contributed by atoms with van der Waals surface area (Å²) >= 11 is 1.07. The van der Waals surface area contributed by atoms with Crippen molar-refractivity contribution in [2.75, 3.05) is 5.75 Å². The highest BCUT2D eigenvalue weighted by atomic mass is 32.2. The highest BCUT2D eigenvalue weighted by Crippen LogP contribution is 2.26. The fraction of sp³-hybridized carbons (Fsp3) is 0.727. The second-order valence-electron chi connectivity index (χ2n) is 4.41. The summed E-state index contributed by atoms with van der Waals surface area (Å²) in [5.41, 5.74) is 4.68. The molecule has 18 heavy (non-hydrogen) atoms. The molecule has 0 bridgehead atoms. The minimum absolute atomic E-state index is 0.135. The van der Waals surface area contributed by atoms with Crippen LogP contribution in [0.1, 0.15) is 38.5 Å². The van der Waals surface area contributed by atoms with E-state index in [1.54, 1.807) is 0 Å². The summed E-state index contributed by atoms with van der Waals surface area (Å²) in [7, 11) is 0. The van der Waals surface area contributed by atoms with Crippen molar-refractivity contribution in [3.63, 3.8) is 0 Å². The lowest BCUT2D eigenvalue weighted by Gasteiger charge is -2.26.